The van der Waals surface area contributed by atoms with Crippen LogP contribution in [0.3, 0.4) is 0 Å². The first kappa shape index (κ1) is 11.7. The van der Waals surface area contributed by atoms with Crippen LogP contribution in [0.4, 0.5) is 16.2 Å². The summed E-state index contributed by atoms with van der Waals surface area (Å²) in [6.07, 6.45) is 1.88. The number of rotatable bonds is 5. The summed E-state index contributed by atoms with van der Waals surface area (Å²) in [4.78, 5) is 11.9. The van der Waals surface area contributed by atoms with E-state index in [0.29, 0.717) is 12.5 Å². The Labute approximate surface area is 102 Å². The van der Waals surface area contributed by atoms with Crippen molar-refractivity contribution >= 4 is 23.1 Å². The number of hydrogen-bond donors (Lipinski definition) is 2. The van der Waals surface area contributed by atoms with Gasteiger partial charge in [0.25, 0.3) is 0 Å². The molecular formula is C10H12FN5S. The van der Waals surface area contributed by atoms with E-state index in [9.17, 15) is 4.39 Å². The van der Waals surface area contributed by atoms with E-state index in [2.05, 4.69) is 25.6 Å². The molecule has 0 aliphatic heterocycles. The molecule has 17 heavy (non-hydrogen) atoms. The Kier molecular flexibility index (Phi) is 3.81. The van der Waals surface area contributed by atoms with Gasteiger partial charge in [0, 0.05) is 25.4 Å². The summed E-state index contributed by atoms with van der Waals surface area (Å²) >= 11 is 1.55. The molecule has 0 saturated carbocycles. The number of nitrogens with one attached hydrogen (secondary N) is 2. The van der Waals surface area contributed by atoms with Crippen molar-refractivity contribution in [3.8, 4) is 0 Å². The van der Waals surface area contributed by atoms with Gasteiger partial charge in [-0.1, -0.05) is 0 Å². The molecule has 0 atom stereocenters. The number of nitrogens with zero attached hydrogens (tertiary/aromatic N) is 3. The van der Waals surface area contributed by atoms with Gasteiger partial charge in [0.15, 0.2) is 11.6 Å². The van der Waals surface area contributed by atoms with Crippen LogP contribution in [0.2, 0.25) is 0 Å². The maximum Gasteiger partial charge on any atom is 0.224 e. The van der Waals surface area contributed by atoms with Crippen LogP contribution >= 0.6 is 11.3 Å². The van der Waals surface area contributed by atoms with Crippen molar-refractivity contribution in [1.82, 2.24) is 15.0 Å². The normalized spacial score (nSPS) is 10.2. The topological polar surface area (TPSA) is 62.7 Å². The maximum absolute atomic E-state index is 13.3. The van der Waals surface area contributed by atoms with E-state index in [1.165, 1.54) is 0 Å². The molecule has 7 heteroatoms. The van der Waals surface area contributed by atoms with Crippen LogP contribution in [-0.4, -0.2) is 28.5 Å². The van der Waals surface area contributed by atoms with Crippen LogP contribution in [0.5, 0.6) is 0 Å². The fraction of sp³-hybridized carbons (Fsp3) is 0.300. The summed E-state index contributed by atoms with van der Waals surface area (Å²) in [6, 6.07) is 0. The summed E-state index contributed by atoms with van der Waals surface area (Å²) < 4.78 is 13.3. The van der Waals surface area contributed by atoms with Crippen molar-refractivity contribution in [3.05, 3.63) is 28.6 Å². The van der Waals surface area contributed by atoms with Crippen LogP contribution in [-0.2, 0) is 6.42 Å². The Hall–Kier alpha value is -1.76. The van der Waals surface area contributed by atoms with Crippen LogP contribution in [0.15, 0.2) is 17.1 Å². The van der Waals surface area contributed by atoms with E-state index in [1.807, 2.05) is 5.38 Å². The van der Waals surface area contributed by atoms with Gasteiger partial charge in [-0.2, -0.15) is 4.98 Å². The second kappa shape index (κ2) is 5.53. The largest absolute Gasteiger partial charge is 0.367 e. The fourth-order valence-electron chi connectivity index (χ4n) is 1.28. The average Bonchev–Trinajstić information content (AvgIpc) is 2.84. The predicted octanol–water partition coefficient (Wildman–Crippen LogP) is 1.77. The van der Waals surface area contributed by atoms with Gasteiger partial charge in [0.05, 0.1) is 17.4 Å². The smallest absolute Gasteiger partial charge is 0.224 e. The molecule has 90 valence electrons. The van der Waals surface area contributed by atoms with Crippen LogP contribution in [0.1, 0.15) is 5.69 Å². The molecule has 0 unspecified atom stereocenters. The molecule has 0 fully saturated rings. The highest BCUT2D eigenvalue weighted by molar-refractivity contribution is 7.07. The maximum atomic E-state index is 13.3. The van der Waals surface area contributed by atoms with Crippen LogP contribution in [0, 0.1) is 5.82 Å². The molecule has 0 aromatic carbocycles. The number of hydrogen-bond acceptors (Lipinski definition) is 6. The summed E-state index contributed by atoms with van der Waals surface area (Å²) in [7, 11) is 1.69. The minimum absolute atomic E-state index is 0.208. The first-order chi connectivity index (χ1) is 8.29. The highest BCUT2D eigenvalue weighted by atomic mass is 32.1. The molecule has 5 nitrogen and oxygen atoms in total. The third-order valence-corrected chi connectivity index (χ3v) is 2.76. The molecule has 2 N–H and O–H groups in total. The van der Waals surface area contributed by atoms with Crippen LogP contribution < -0.4 is 10.6 Å². The molecule has 0 amide bonds. The van der Waals surface area contributed by atoms with Gasteiger partial charge in [-0.25, -0.2) is 14.4 Å². The lowest BCUT2D eigenvalue weighted by Crippen LogP contribution is -2.10. The molecule has 0 saturated heterocycles. The van der Waals surface area contributed by atoms with E-state index < -0.39 is 5.82 Å². The molecule has 2 heterocycles. The molecule has 0 radical (unpaired) electrons. The van der Waals surface area contributed by atoms with Crippen molar-refractivity contribution in [2.45, 2.75) is 6.42 Å². The monoisotopic (exact) mass is 253 g/mol. The molecule has 0 aliphatic rings. The van der Waals surface area contributed by atoms with Crippen molar-refractivity contribution in [2.24, 2.45) is 0 Å². The van der Waals surface area contributed by atoms with Crippen molar-refractivity contribution in [2.75, 3.05) is 24.2 Å². The first-order valence-corrected chi connectivity index (χ1v) is 6.05. The third kappa shape index (κ3) is 3.10. The van der Waals surface area contributed by atoms with Crippen molar-refractivity contribution in [3.63, 3.8) is 0 Å². The van der Waals surface area contributed by atoms with E-state index in [-0.39, 0.29) is 5.82 Å². The van der Waals surface area contributed by atoms with Gasteiger partial charge in [0.2, 0.25) is 5.95 Å². The molecule has 2 aromatic rings. The summed E-state index contributed by atoms with van der Waals surface area (Å²) in [5.74, 6) is 0.143. The van der Waals surface area contributed by atoms with Gasteiger partial charge >= 0.3 is 0 Å². The summed E-state index contributed by atoms with van der Waals surface area (Å²) in [5.41, 5.74) is 2.77. The quantitative estimate of drug-likeness (QED) is 0.850. The van der Waals surface area contributed by atoms with Crippen LogP contribution in [0.25, 0.3) is 0 Å². The Morgan fingerprint density at radius 1 is 1.41 bits per heavy atom. The van der Waals surface area contributed by atoms with E-state index in [0.717, 1.165) is 18.3 Å². The number of thiazole rings is 1. The summed E-state index contributed by atoms with van der Waals surface area (Å²) in [6.45, 7) is 0.584. The second-order valence-electron chi connectivity index (χ2n) is 3.30. The average molecular weight is 253 g/mol. The highest BCUT2D eigenvalue weighted by Crippen LogP contribution is 2.11. The summed E-state index contributed by atoms with van der Waals surface area (Å²) in [5, 5.41) is 7.65. The lowest BCUT2D eigenvalue weighted by atomic mass is 10.3. The fourth-order valence-corrected chi connectivity index (χ4v) is 1.87. The molecule has 0 bridgehead atoms. The minimum atomic E-state index is -0.456. The third-order valence-electron chi connectivity index (χ3n) is 2.12. The van der Waals surface area contributed by atoms with E-state index in [4.69, 9.17) is 0 Å². The Bertz CT molecular complexity index is 474. The highest BCUT2D eigenvalue weighted by Gasteiger charge is 2.05. The second-order valence-corrected chi connectivity index (χ2v) is 4.02. The van der Waals surface area contributed by atoms with E-state index in [1.54, 1.807) is 23.9 Å². The molecule has 2 rings (SSSR count). The zero-order valence-corrected chi connectivity index (χ0v) is 10.1. The Morgan fingerprint density at radius 2 is 2.29 bits per heavy atom. The van der Waals surface area contributed by atoms with Gasteiger partial charge in [0.1, 0.15) is 0 Å². The van der Waals surface area contributed by atoms with Crippen molar-refractivity contribution in [1.29, 1.82) is 0 Å². The molecule has 0 aliphatic carbocycles. The standard InChI is InChI=1S/C10H12FN5S/c1-12-10-14-4-8(11)9(16-10)13-3-2-7-5-17-6-15-7/h4-6H,2-3H2,1H3,(H2,12,13,14,16). The van der Waals surface area contributed by atoms with Gasteiger partial charge in [-0.05, 0) is 0 Å². The zero-order valence-electron chi connectivity index (χ0n) is 9.27. The van der Waals surface area contributed by atoms with Gasteiger partial charge in [-0.15, -0.1) is 11.3 Å². The Morgan fingerprint density at radius 3 is 3.00 bits per heavy atom. The predicted molar refractivity (Wildman–Crippen MR) is 65.8 cm³/mol. The lowest BCUT2D eigenvalue weighted by molar-refractivity contribution is 0.617. The molecule has 2 aromatic heterocycles. The van der Waals surface area contributed by atoms with E-state index >= 15 is 0 Å². The number of aromatic nitrogens is 3. The first-order valence-electron chi connectivity index (χ1n) is 5.11. The lowest BCUT2D eigenvalue weighted by Gasteiger charge is -2.06. The van der Waals surface area contributed by atoms with Crippen molar-refractivity contribution < 1.29 is 4.39 Å². The Balaban J connectivity index is 1.94. The number of halogens is 1. The molecule has 0 spiro atoms. The SMILES string of the molecule is CNc1ncc(F)c(NCCc2cscn2)n1. The molecular weight excluding hydrogens is 241 g/mol. The zero-order chi connectivity index (χ0) is 12.1. The van der Waals surface area contributed by atoms with Gasteiger partial charge < -0.3 is 10.6 Å². The number of anilines is 2. The minimum Gasteiger partial charge on any atom is -0.367 e. The van der Waals surface area contributed by atoms with Gasteiger partial charge in [-0.3, -0.25) is 0 Å².